The van der Waals surface area contributed by atoms with Gasteiger partial charge in [-0.3, -0.25) is 42.9 Å². The predicted molar refractivity (Wildman–Crippen MR) is 305 cm³/mol. The van der Waals surface area contributed by atoms with Crippen LogP contribution in [0, 0.1) is 0 Å². The lowest BCUT2D eigenvalue weighted by molar-refractivity contribution is -0.141. The van der Waals surface area contributed by atoms with Crippen molar-refractivity contribution in [1.29, 1.82) is 0 Å². The van der Waals surface area contributed by atoms with E-state index in [0.29, 0.717) is 40.4 Å². The van der Waals surface area contributed by atoms with Crippen molar-refractivity contribution in [3.63, 3.8) is 0 Å². The number of primary amides is 1. The third-order valence-electron chi connectivity index (χ3n) is 12.2. The van der Waals surface area contributed by atoms with Crippen molar-refractivity contribution in [2.75, 3.05) is 13.1 Å². The number of para-hydroxylation sites is 1. The van der Waals surface area contributed by atoms with Gasteiger partial charge >= 0.3 is 28.6 Å². The number of carboxylic acid groups (broad SMARTS) is 1. The number of hydrogen-bond acceptors (Lipinski definition) is 15. The smallest absolute Gasteiger partial charge is 0.446 e. The van der Waals surface area contributed by atoms with Crippen LogP contribution >= 0.6 is 0 Å². The Kier molecular flexibility index (Phi) is 25.5. The van der Waals surface area contributed by atoms with Crippen LogP contribution in [0.4, 0.5) is 9.59 Å². The second-order valence-corrected chi connectivity index (χ2v) is 22.6. The monoisotopic (exact) mass is 1190 g/mol. The molecule has 0 aliphatic rings. The van der Waals surface area contributed by atoms with Crippen molar-refractivity contribution in [2.24, 2.45) is 5.73 Å². The van der Waals surface area contributed by atoms with Gasteiger partial charge in [-0.15, -0.1) is 0 Å². The summed E-state index contributed by atoms with van der Waals surface area (Å²) in [7, 11) is -4.84. The van der Waals surface area contributed by atoms with Gasteiger partial charge in [0, 0.05) is 42.9 Å². The number of hydrogen-bond donors (Lipinski definition) is 12. The Labute approximate surface area is 486 Å². The maximum Gasteiger partial charge on any atom is 0.446 e. The van der Waals surface area contributed by atoms with Crippen molar-refractivity contribution in [3.05, 3.63) is 102 Å². The molecule has 458 valence electrons. The Morgan fingerprint density at radius 3 is 1.69 bits per heavy atom. The van der Waals surface area contributed by atoms with Gasteiger partial charge in [-0.2, -0.15) is 8.42 Å². The second kappa shape index (κ2) is 31.6. The Morgan fingerprint density at radius 1 is 0.583 bits per heavy atom. The van der Waals surface area contributed by atoms with E-state index in [4.69, 9.17) is 19.8 Å². The van der Waals surface area contributed by atoms with Gasteiger partial charge in [-0.1, -0.05) is 80.4 Å². The highest BCUT2D eigenvalue weighted by Gasteiger charge is 2.34. The van der Waals surface area contributed by atoms with Crippen molar-refractivity contribution in [2.45, 2.75) is 154 Å². The number of aromatic nitrogens is 1. The standard InChI is InChI=1S/C56H76N10O17S/c1-8-9-19-39(62-50(73)42(66-54(77)82-56(5,6)7)28-34-22-24-36(25-23-34)83-84(78,79)80)48(71)60-32-45(67)61-43(29-35-31-59-38-20-14-13-18-37(35)38)51(74)63-40(21-15-26-58-53(76)81-55(2,3)4)49(72)65-44(30-46(68)69)52(75)64-41(47(57)70)27-33-16-11-10-12-17-33/h10-14,16-18,20,22-25,31,39-44,59H,8-9,15,19,21,26-30,32H2,1-7H3,(H2,57,70)(H,58,76)(H,60,71)(H,61,67)(H,62,73)(H,63,74)(H,64,75)(H,65,72)(H,66,77)(H,68,69)(H,78,79,80)/t39-,40-,41-,42-,43-,44-/m0/s1. The summed E-state index contributed by atoms with van der Waals surface area (Å²) >= 11 is 0. The molecule has 27 nitrogen and oxygen atoms in total. The van der Waals surface area contributed by atoms with Crippen LogP contribution in [0.25, 0.3) is 10.9 Å². The van der Waals surface area contributed by atoms with Crippen LogP contribution in [0.2, 0.25) is 0 Å². The van der Waals surface area contributed by atoms with Gasteiger partial charge in [-0.25, -0.2) is 9.59 Å². The number of H-pyrrole nitrogens is 1. The average molecular weight is 1190 g/mol. The summed E-state index contributed by atoms with van der Waals surface area (Å²) < 4.78 is 46.7. The molecule has 0 spiro atoms. The fraction of sp³-hybridized carbons (Fsp3) is 0.464. The molecule has 1 heterocycles. The van der Waals surface area contributed by atoms with Gasteiger partial charge in [-0.05, 0) is 95.7 Å². The number of ether oxygens (including phenoxy) is 2. The number of nitrogens with one attached hydrogen (secondary N) is 9. The number of fused-ring (bicyclic) bond motifs is 1. The third kappa shape index (κ3) is 24.7. The van der Waals surface area contributed by atoms with E-state index in [-0.39, 0.29) is 50.8 Å². The quantitative estimate of drug-likeness (QED) is 0.0254. The number of nitrogens with two attached hydrogens (primary N) is 1. The minimum atomic E-state index is -4.84. The topological polar surface area (TPSA) is 411 Å². The molecule has 4 rings (SSSR count). The Balaban J connectivity index is 1.60. The number of benzene rings is 3. The molecular formula is C56H76N10O17S. The maximum absolute atomic E-state index is 14.6. The normalized spacial score (nSPS) is 13.7. The molecular weight excluding hydrogens is 1120 g/mol. The first-order valence-corrected chi connectivity index (χ1v) is 28.4. The fourth-order valence-corrected chi connectivity index (χ4v) is 8.62. The van der Waals surface area contributed by atoms with Crippen LogP contribution in [-0.2, 0) is 77.5 Å². The first-order valence-electron chi connectivity index (χ1n) is 27.0. The van der Waals surface area contributed by atoms with Crippen LogP contribution < -0.4 is 52.5 Å². The number of aliphatic carboxylic acids is 1. The molecule has 0 saturated heterocycles. The molecule has 1 aromatic heterocycles. The molecule has 0 bridgehead atoms. The number of unbranched alkanes of at least 4 members (excludes halogenated alkanes) is 1. The van der Waals surface area contributed by atoms with Gasteiger partial charge in [0.2, 0.25) is 41.4 Å². The van der Waals surface area contributed by atoms with Crippen molar-refractivity contribution in [1.82, 2.24) is 47.5 Å². The molecule has 0 radical (unpaired) electrons. The lowest BCUT2D eigenvalue weighted by atomic mass is 10.0. The van der Waals surface area contributed by atoms with Crippen molar-refractivity contribution >= 4 is 80.8 Å². The molecule has 0 fully saturated rings. The zero-order valence-electron chi connectivity index (χ0n) is 47.8. The molecule has 0 aliphatic carbocycles. The minimum absolute atomic E-state index is 0.00448. The highest BCUT2D eigenvalue weighted by atomic mass is 32.3. The van der Waals surface area contributed by atoms with E-state index >= 15 is 0 Å². The third-order valence-corrected chi connectivity index (χ3v) is 12.6. The molecule has 13 N–H and O–H groups in total. The molecule has 0 unspecified atom stereocenters. The molecule has 3 aromatic carbocycles. The van der Waals surface area contributed by atoms with E-state index in [9.17, 15) is 61.5 Å². The van der Waals surface area contributed by atoms with Gasteiger partial charge in [0.1, 0.15) is 53.2 Å². The van der Waals surface area contributed by atoms with E-state index in [1.54, 1.807) is 102 Å². The number of aromatic amines is 1. The van der Waals surface area contributed by atoms with Crippen LogP contribution in [0.15, 0.2) is 85.1 Å². The SMILES string of the molecule is CCCC[C@H](NC(=O)[C@H](Cc1ccc(OS(=O)(=O)O)cc1)NC(=O)OC(C)(C)C)C(=O)NCC(=O)N[C@@H](Cc1c[nH]c2ccccc12)C(=O)N[C@@H](CCCNC(=O)OC(C)(C)C)C(=O)N[C@@H](CC(=O)O)C(=O)N[C@@H](Cc1ccccc1)C(N)=O. The van der Waals surface area contributed by atoms with E-state index in [1.807, 2.05) is 6.92 Å². The summed E-state index contributed by atoms with van der Waals surface area (Å²) in [6.07, 6.45) is -0.817. The summed E-state index contributed by atoms with van der Waals surface area (Å²) in [5.74, 6) is -8.38. The minimum Gasteiger partial charge on any atom is -0.481 e. The molecule has 6 atom stereocenters. The number of rotatable bonds is 31. The van der Waals surface area contributed by atoms with Crippen LogP contribution in [0.1, 0.15) is 104 Å². The summed E-state index contributed by atoms with van der Waals surface area (Å²) in [5, 5.41) is 30.7. The lowest BCUT2D eigenvalue weighted by Crippen LogP contribution is -2.59. The second-order valence-electron chi connectivity index (χ2n) is 21.6. The molecule has 0 aliphatic heterocycles. The van der Waals surface area contributed by atoms with E-state index < -0.39 is 130 Å². The zero-order chi connectivity index (χ0) is 62.4. The predicted octanol–water partition coefficient (Wildman–Crippen LogP) is 2.27. The molecule has 4 aromatic rings. The highest BCUT2D eigenvalue weighted by molar-refractivity contribution is 7.81. The van der Waals surface area contributed by atoms with Crippen molar-refractivity contribution in [3.8, 4) is 5.75 Å². The van der Waals surface area contributed by atoms with E-state index in [1.165, 1.54) is 24.3 Å². The summed E-state index contributed by atoms with van der Waals surface area (Å²) in [4.78, 5) is 138. The molecule has 84 heavy (non-hydrogen) atoms. The lowest BCUT2D eigenvalue weighted by Gasteiger charge is -2.26. The van der Waals surface area contributed by atoms with Crippen LogP contribution in [-0.4, -0.2) is 143 Å². The van der Waals surface area contributed by atoms with E-state index in [0.717, 1.165) is 0 Å². The number of carbonyl (C=O) groups is 10. The Morgan fingerprint density at radius 2 is 1.10 bits per heavy atom. The largest absolute Gasteiger partial charge is 0.481 e. The summed E-state index contributed by atoms with van der Waals surface area (Å²) in [5.41, 5.74) is 5.99. The number of carboxylic acids is 1. The first kappa shape index (κ1) is 67.7. The first-order chi connectivity index (χ1) is 39.4. The van der Waals surface area contributed by atoms with Crippen LogP contribution in [0.3, 0.4) is 0 Å². The maximum atomic E-state index is 14.6. The molecule has 28 heteroatoms. The Hall–Kier alpha value is -8.79. The number of amides is 9. The summed E-state index contributed by atoms with van der Waals surface area (Å²) in [6.45, 7) is 10.8. The average Bonchev–Trinajstić information content (AvgIpc) is 3.94. The zero-order valence-corrected chi connectivity index (χ0v) is 48.6. The van der Waals surface area contributed by atoms with Crippen LogP contribution in [0.5, 0.6) is 5.75 Å². The fourth-order valence-electron chi connectivity index (χ4n) is 8.27. The molecule has 0 saturated carbocycles. The van der Waals surface area contributed by atoms with Gasteiger partial charge in [0.25, 0.3) is 0 Å². The van der Waals surface area contributed by atoms with E-state index in [2.05, 4.69) is 51.7 Å². The van der Waals surface area contributed by atoms with Gasteiger partial charge in [0.15, 0.2) is 0 Å². The highest BCUT2D eigenvalue weighted by Crippen LogP contribution is 2.20. The van der Waals surface area contributed by atoms with Crippen molar-refractivity contribution < 1.29 is 79.7 Å². The number of alkyl carbamates (subject to hydrolysis) is 2. The van der Waals surface area contributed by atoms with Gasteiger partial charge < -0.3 is 72.0 Å². The Bertz CT molecular complexity index is 3050. The summed E-state index contributed by atoms with van der Waals surface area (Å²) in [6, 6.07) is 11.8. The van der Waals surface area contributed by atoms with Gasteiger partial charge in [0.05, 0.1) is 13.0 Å². The molecule has 9 amide bonds. The number of carbonyl (C=O) groups excluding carboxylic acids is 9.